The predicted molar refractivity (Wildman–Crippen MR) is 202 cm³/mol. The van der Waals surface area contributed by atoms with E-state index >= 15 is 0 Å². The molecule has 1 saturated heterocycles. The normalized spacial score (nSPS) is 27.4. The van der Waals surface area contributed by atoms with E-state index in [1.54, 1.807) is 5.67 Å². The molecular formula is C39H54OSi4. The average Bonchev–Trinajstić information content (AvgIpc) is 3.02. The zero-order valence-corrected chi connectivity index (χ0v) is 31.7. The van der Waals surface area contributed by atoms with Crippen LogP contribution in [0.1, 0.15) is 22.3 Å². The third-order valence-electron chi connectivity index (χ3n) is 10.2. The number of hydrogen-bond donors (Lipinski definition) is 0. The van der Waals surface area contributed by atoms with Gasteiger partial charge in [0.05, 0.1) is 0 Å². The minimum Gasteiger partial charge on any atom is -0.455 e. The fraction of sp³-hybridized carbons (Fsp3) is 0.385. The highest BCUT2D eigenvalue weighted by Crippen LogP contribution is 2.45. The van der Waals surface area contributed by atoms with Crippen LogP contribution in [0.4, 0.5) is 0 Å². The van der Waals surface area contributed by atoms with Gasteiger partial charge in [-0.25, -0.2) is 0 Å². The van der Waals surface area contributed by atoms with Gasteiger partial charge in [0, 0.05) is 16.1 Å². The summed E-state index contributed by atoms with van der Waals surface area (Å²) in [5.41, 5.74) is 10.4. The van der Waals surface area contributed by atoms with E-state index in [1.165, 1.54) is 83.4 Å². The number of rotatable bonds is 12. The topological polar surface area (TPSA) is 9.23 Å². The summed E-state index contributed by atoms with van der Waals surface area (Å²) in [5.74, 6) is 0. The second kappa shape index (κ2) is 14.9. The van der Waals surface area contributed by atoms with E-state index in [2.05, 4.69) is 148 Å². The highest BCUT2D eigenvalue weighted by molar-refractivity contribution is 7.09. The first-order valence-electron chi connectivity index (χ1n) is 17.0. The predicted octanol–water partition coefficient (Wildman–Crippen LogP) is 10.9. The van der Waals surface area contributed by atoms with Crippen molar-refractivity contribution < 1.29 is 4.12 Å². The summed E-state index contributed by atoms with van der Waals surface area (Å²) in [6.45, 7) is 10.9. The molecular weight excluding hydrogens is 597 g/mol. The largest absolute Gasteiger partial charge is 0.455 e. The Kier molecular flexibility index (Phi) is 11.2. The Morgan fingerprint density at radius 3 is 0.955 bits per heavy atom. The molecule has 4 aromatic carbocycles. The minimum atomic E-state index is -1.95. The van der Waals surface area contributed by atoms with E-state index in [0.717, 1.165) is 0 Å². The lowest BCUT2D eigenvalue weighted by atomic mass is 10.2. The lowest BCUT2D eigenvalue weighted by molar-refractivity contribution is 0.527. The van der Waals surface area contributed by atoms with E-state index < -0.39 is 32.8 Å². The quantitative estimate of drug-likeness (QED) is 0.139. The molecule has 0 aliphatic carbocycles. The van der Waals surface area contributed by atoms with Crippen LogP contribution in [-0.2, 0) is 29.8 Å². The molecule has 44 heavy (non-hydrogen) atoms. The van der Waals surface area contributed by atoms with Crippen molar-refractivity contribution in [1.29, 1.82) is 0 Å². The maximum absolute atomic E-state index is 7.95. The lowest BCUT2D eigenvalue weighted by Gasteiger charge is -2.51. The van der Waals surface area contributed by atoms with Crippen LogP contribution >= 0.6 is 0 Å². The molecule has 1 heterocycles. The molecule has 1 nitrogen and oxygen atoms in total. The van der Waals surface area contributed by atoms with Gasteiger partial charge in [-0.2, -0.15) is 0 Å². The summed E-state index contributed by atoms with van der Waals surface area (Å²) in [4.78, 5) is 0. The third-order valence-corrected chi connectivity index (χ3v) is 39.4. The van der Waals surface area contributed by atoms with Crippen molar-refractivity contribution in [2.75, 3.05) is 0 Å². The molecule has 0 saturated carbocycles. The maximum atomic E-state index is 7.95. The lowest BCUT2D eigenvalue weighted by Crippen LogP contribution is -2.61. The fourth-order valence-corrected chi connectivity index (χ4v) is 49.6. The monoisotopic (exact) mass is 650 g/mol. The molecule has 0 spiro atoms. The van der Waals surface area contributed by atoms with Crippen molar-refractivity contribution in [2.45, 2.75) is 93.0 Å². The number of hydrogen-bond acceptors (Lipinski definition) is 1. The van der Waals surface area contributed by atoms with Crippen LogP contribution < -0.4 is 0 Å². The SMILES string of the molecule is C[Si]1(CCc2ccccc2)C[Si](C)(CCc2ccccc2)C[Si](C)(CCc2ccccc2)O[Si](C)(CCc2ccccc2)C1. The summed E-state index contributed by atoms with van der Waals surface area (Å²) in [7, 11) is -7.06. The van der Waals surface area contributed by atoms with Gasteiger partial charge in [0.1, 0.15) is 0 Å². The van der Waals surface area contributed by atoms with Crippen molar-refractivity contribution in [3.63, 3.8) is 0 Å². The van der Waals surface area contributed by atoms with Gasteiger partial charge < -0.3 is 4.12 Å². The van der Waals surface area contributed by atoms with Gasteiger partial charge in [0.15, 0.2) is 16.6 Å². The van der Waals surface area contributed by atoms with Crippen LogP contribution in [0.5, 0.6) is 0 Å². The van der Waals surface area contributed by atoms with Crippen LogP contribution in [0, 0.1) is 0 Å². The van der Waals surface area contributed by atoms with Crippen LogP contribution in [0.15, 0.2) is 121 Å². The molecule has 5 rings (SSSR count). The Morgan fingerprint density at radius 1 is 0.386 bits per heavy atom. The van der Waals surface area contributed by atoms with Gasteiger partial charge in [-0.15, -0.1) is 0 Å². The van der Waals surface area contributed by atoms with Gasteiger partial charge in [-0.3, -0.25) is 0 Å². The summed E-state index contributed by atoms with van der Waals surface area (Å²) >= 11 is 0. The molecule has 232 valence electrons. The minimum absolute atomic E-state index is 1.17. The third kappa shape index (κ3) is 9.85. The highest BCUT2D eigenvalue weighted by atomic mass is 28.5. The first kappa shape index (κ1) is 33.1. The summed E-state index contributed by atoms with van der Waals surface area (Å²) in [6, 6.07) is 50.4. The number of benzene rings is 4. The molecule has 1 aliphatic rings. The van der Waals surface area contributed by atoms with Crippen LogP contribution in [0.25, 0.3) is 0 Å². The van der Waals surface area contributed by atoms with Crippen molar-refractivity contribution in [3.8, 4) is 0 Å². The summed E-state index contributed by atoms with van der Waals surface area (Å²) in [6.07, 6.45) is 4.80. The van der Waals surface area contributed by atoms with E-state index in [1.807, 2.05) is 0 Å². The molecule has 0 amide bonds. The molecule has 4 unspecified atom stereocenters. The highest BCUT2D eigenvalue weighted by Gasteiger charge is 2.52. The Morgan fingerprint density at radius 2 is 0.659 bits per heavy atom. The Hall–Kier alpha value is -2.29. The molecule has 1 aliphatic heterocycles. The number of aryl methyl sites for hydroxylation is 4. The first-order chi connectivity index (χ1) is 21.1. The Labute approximate surface area is 272 Å². The van der Waals surface area contributed by atoms with E-state index in [0.29, 0.717) is 0 Å². The molecule has 0 bridgehead atoms. The molecule has 0 radical (unpaired) electrons. The van der Waals surface area contributed by atoms with Crippen molar-refractivity contribution in [3.05, 3.63) is 144 Å². The smallest absolute Gasteiger partial charge is 0.174 e. The average molecular weight is 651 g/mol. The van der Waals surface area contributed by atoms with Gasteiger partial charge in [0.25, 0.3) is 0 Å². The van der Waals surface area contributed by atoms with Gasteiger partial charge in [-0.1, -0.05) is 152 Å². The van der Waals surface area contributed by atoms with E-state index in [-0.39, 0.29) is 0 Å². The molecule has 4 atom stereocenters. The van der Waals surface area contributed by atoms with Gasteiger partial charge >= 0.3 is 0 Å². The summed E-state index contributed by atoms with van der Waals surface area (Å²) in [5, 5.41) is 0. The van der Waals surface area contributed by atoms with E-state index in [4.69, 9.17) is 4.12 Å². The van der Waals surface area contributed by atoms with Crippen LogP contribution in [-0.4, -0.2) is 32.8 Å². The van der Waals surface area contributed by atoms with Crippen molar-refractivity contribution in [2.24, 2.45) is 0 Å². The second-order valence-corrected chi connectivity index (χ2v) is 35.2. The molecule has 4 aromatic rings. The molecule has 5 heteroatoms. The Bertz CT molecular complexity index is 1180. The Balaban J connectivity index is 1.45. The van der Waals surface area contributed by atoms with Crippen LogP contribution in [0.3, 0.4) is 0 Å². The van der Waals surface area contributed by atoms with Gasteiger partial charge in [0.2, 0.25) is 0 Å². The molecule has 0 N–H and O–H groups in total. The van der Waals surface area contributed by atoms with Crippen molar-refractivity contribution >= 4 is 32.8 Å². The zero-order valence-electron chi connectivity index (χ0n) is 27.7. The zero-order chi connectivity index (χ0) is 30.9. The second-order valence-electron chi connectivity index (χ2n) is 15.1. The van der Waals surface area contributed by atoms with Crippen LogP contribution in [0.2, 0.25) is 67.4 Å². The molecule has 0 aromatic heterocycles. The molecule has 1 fully saturated rings. The fourth-order valence-electron chi connectivity index (χ4n) is 8.55. The maximum Gasteiger partial charge on any atom is 0.174 e. The summed E-state index contributed by atoms with van der Waals surface area (Å²) < 4.78 is 7.95. The first-order valence-corrected chi connectivity index (χ1v) is 28.9. The van der Waals surface area contributed by atoms with Crippen molar-refractivity contribution in [1.82, 2.24) is 0 Å². The van der Waals surface area contributed by atoms with E-state index in [9.17, 15) is 0 Å². The standard InChI is InChI=1S/C39H54OSi4/c1-41(29-25-36-17-9-5-10-18-36)33-42(2,30-26-37-19-11-6-12-20-37)35-44(4,32-28-39-23-15-8-16-24-39)40-43(3,34-41)31-27-38-21-13-7-14-22-38/h5-24H,25-35H2,1-4H3. The van der Waals surface area contributed by atoms with Gasteiger partial charge in [-0.05, 0) is 84.5 Å².